The first kappa shape index (κ1) is 11.0. The van der Waals surface area contributed by atoms with E-state index in [2.05, 4.69) is 10.9 Å². The number of rotatable bonds is 4. The highest BCUT2D eigenvalue weighted by atomic mass is 16.2. The number of carbonyl (C=O) groups excluding carboxylic acids is 2. The smallest absolute Gasteiger partial charge is 0.235 e. The first-order valence-electron chi connectivity index (χ1n) is 4.48. The molecule has 0 heterocycles. The van der Waals surface area contributed by atoms with E-state index in [4.69, 9.17) is 0 Å². The van der Waals surface area contributed by atoms with Crippen molar-refractivity contribution in [3.63, 3.8) is 0 Å². The highest BCUT2D eigenvalue weighted by Crippen LogP contribution is 1.99. The maximum absolute atomic E-state index is 11.4. The van der Waals surface area contributed by atoms with E-state index >= 15 is 0 Å². The molecule has 0 aliphatic carbocycles. The van der Waals surface area contributed by atoms with Crippen molar-refractivity contribution in [2.75, 3.05) is 0 Å². The molecule has 0 radical (unpaired) electrons. The van der Waals surface area contributed by atoms with Gasteiger partial charge >= 0.3 is 0 Å². The molecular weight excluding hydrogens is 192 g/mol. The molecule has 0 aromatic heterocycles. The van der Waals surface area contributed by atoms with Gasteiger partial charge in [0.15, 0.2) is 5.78 Å². The van der Waals surface area contributed by atoms with E-state index in [0.29, 0.717) is 5.56 Å². The zero-order chi connectivity index (χ0) is 11.1. The lowest BCUT2D eigenvalue weighted by molar-refractivity contribution is -0.119. The van der Waals surface area contributed by atoms with Gasteiger partial charge in [0.2, 0.25) is 5.91 Å². The van der Waals surface area contributed by atoms with Crippen molar-refractivity contribution >= 4 is 11.7 Å². The minimum Gasteiger partial charge on any atom is -0.306 e. The number of hydrazine groups is 1. The zero-order valence-corrected chi connectivity index (χ0v) is 8.36. The van der Waals surface area contributed by atoms with E-state index in [9.17, 15) is 9.59 Å². The van der Waals surface area contributed by atoms with Crippen molar-refractivity contribution < 1.29 is 9.59 Å². The lowest BCUT2D eigenvalue weighted by Gasteiger charge is -1.98. The molecule has 1 amide bonds. The Morgan fingerprint density at radius 3 is 2.47 bits per heavy atom. The number of nitrogens with one attached hydrogen (secondary N) is 2. The van der Waals surface area contributed by atoms with Crippen molar-refractivity contribution in [2.45, 2.75) is 6.92 Å². The lowest BCUT2D eigenvalue weighted by Crippen LogP contribution is -2.31. The van der Waals surface area contributed by atoms with E-state index in [1.54, 1.807) is 24.3 Å². The highest BCUT2D eigenvalue weighted by Gasteiger charge is 1.98. The van der Waals surface area contributed by atoms with Crippen molar-refractivity contribution in [1.29, 1.82) is 0 Å². The Balaban J connectivity index is 2.46. The van der Waals surface area contributed by atoms with Gasteiger partial charge in [0, 0.05) is 24.8 Å². The van der Waals surface area contributed by atoms with Gasteiger partial charge in [-0.25, -0.2) is 0 Å². The monoisotopic (exact) mass is 204 g/mol. The Morgan fingerprint density at radius 1 is 1.20 bits per heavy atom. The number of hydrogen-bond acceptors (Lipinski definition) is 3. The van der Waals surface area contributed by atoms with Crippen LogP contribution in [0.15, 0.2) is 42.6 Å². The van der Waals surface area contributed by atoms with Crippen LogP contribution in [0.1, 0.15) is 17.3 Å². The van der Waals surface area contributed by atoms with Crippen LogP contribution in [0.5, 0.6) is 0 Å². The highest BCUT2D eigenvalue weighted by molar-refractivity contribution is 6.04. The number of ketones is 1. The summed E-state index contributed by atoms with van der Waals surface area (Å²) >= 11 is 0. The zero-order valence-electron chi connectivity index (χ0n) is 8.36. The topological polar surface area (TPSA) is 58.2 Å². The van der Waals surface area contributed by atoms with E-state index < -0.39 is 0 Å². The molecule has 0 spiro atoms. The fourth-order valence-electron chi connectivity index (χ4n) is 0.959. The molecule has 1 aromatic carbocycles. The molecule has 78 valence electrons. The van der Waals surface area contributed by atoms with Gasteiger partial charge in [-0.2, -0.15) is 0 Å². The molecule has 0 saturated heterocycles. The second kappa shape index (κ2) is 5.59. The summed E-state index contributed by atoms with van der Waals surface area (Å²) in [6.45, 7) is 1.37. The predicted molar refractivity (Wildman–Crippen MR) is 56.9 cm³/mol. The molecule has 0 saturated carbocycles. The van der Waals surface area contributed by atoms with Crippen LogP contribution in [0.4, 0.5) is 0 Å². The van der Waals surface area contributed by atoms with Crippen molar-refractivity contribution in [3.05, 3.63) is 48.2 Å². The predicted octanol–water partition coefficient (Wildman–Crippen LogP) is 1.02. The van der Waals surface area contributed by atoms with Gasteiger partial charge in [0.25, 0.3) is 0 Å². The normalized spacial score (nSPS) is 9.93. The Kier molecular flexibility index (Phi) is 4.09. The Morgan fingerprint density at radius 2 is 1.87 bits per heavy atom. The lowest BCUT2D eigenvalue weighted by atomic mass is 10.1. The van der Waals surface area contributed by atoms with Crippen LogP contribution in [-0.4, -0.2) is 11.7 Å². The first-order valence-corrected chi connectivity index (χ1v) is 4.48. The summed E-state index contributed by atoms with van der Waals surface area (Å²) in [7, 11) is 0. The summed E-state index contributed by atoms with van der Waals surface area (Å²) in [6, 6.07) is 8.89. The Bertz CT molecular complexity index is 371. The van der Waals surface area contributed by atoms with Crippen LogP contribution in [0.25, 0.3) is 0 Å². The van der Waals surface area contributed by atoms with E-state index in [1.807, 2.05) is 6.07 Å². The summed E-state index contributed by atoms with van der Waals surface area (Å²) in [5.74, 6) is -0.333. The molecule has 0 aliphatic rings. The van der Waals surface area contributed by atoms with Crippen LogP contribution in [-0.2, 0) is 4.79 Å². The average molecular weight is 204 g/mol. The molecule has 0 atom stereocenters. The summed E-state index contributed by atoms with van der Waals surface area (Å²) < 4.78 is 0. The Labute approximate surface area is 88.0 Å². The summed E-state index contributed by atoms with van der Waals surface area (Å²) in [5.41, 5.74) is 5.42. The summed E-state index contributed by atoms with van der Waals surface area (Å²) in [4.78, 5) is 21.9. The third kappa shape index (κ3) is 4.08. The maximum atomic E-state index is 11.4. The molecule has 4 heteroatoms. The molecule has 15 heavy (non-hydrogen) atoms. The molecule has 0 aliphatic heterocycles. The van der Waals surface area contributed by atoms with Crippen molar-refractivity contribution in [1.82, 2.24) is 10.9 Å². The van der Waals surface area contributed by atoms with E-state index in [0.717, 1.165) is 0 Å². The number of benzene rings is 1. The average Bonchev–Trinajstić information content (AvgIpc) is 2.25. The minimum atomic E-state index is -0.216. The fourth-order valence-corrected chi connectivity index (χ4v) is 0.959. The van der Waals surface area contributed by atoms with Gasteiger partial charge in [0.05, 0.1) is 0 Å². The molecule has 0 unspecified atom stereocenters. The molecular formula is C11H12N2O2. The van der Waals surface area contributed by atoms with Gasteiger partial charge in [-0.05, 0) is 0 Å². The van der Waals surface area contributed by atoms with Gasteiger partial charge in [-0.1, -0.05) is 30.3 Å². The van der Waals surface area contributed by atoms with Crippen LogP contribution in [0.3, 0.4) is 0 Å². The fraction of sp³-hybridized carbons (Fsp3) is 0.0909. The largest absolute Gasteiger partial charge is 0.306 e. The second-order valence-corrected chi connectivity index (χ2v) is 2.89. The third-order valence-corrected chi connectivity index (χ3v) is 1.62. The first-order chi connectivity index (χ1) is 7.20. The number of hydrogen-bond donors (Lipinski definition) is 2. The van der Waals surface area contributed by atoms with Crippen LogP contribution >= 0.6 is 0 Å². The Hall–Kier alpha value is -2.10. The quantitative estimate of drug-likeness (QED) is 0.437. The summed E-state index contributed by atoms with van der Waals surface area (Å²) in [5, 5.41) is 0. The van der Waals surface area contributed by atoms with Crippen molar-refractivity contribution in [2.24, 2.45) is 0 Å². The third-order valence-electron chi connectivity index (χ3n) is 1.62. The number of amides is 1. The molecule has 4 nitrogen and oxygen atoms in total. The number of allylic oxidation sites excluding steroid dienone is 1. The number of carbonyl (C=O) groups is 2. The van der Waals surface area contributed by atoms with Crippen LogP contribution in [0.2, 0.25) is 0 Å². The van der Waals surface area contributed by atoms with E-state index in [1.165, 1.54) is 19.2 Å². The van der Waals surface area contributed by atoms with Crippen LogP contribution in [0, 0.1) is 0 Å². The van der Waals surface area contributed by atoms with Crippen molar-refractivity contribution in [3.8, 4) is 0 Å². The van der Waals surface area contributed by atoms with E-state index in [-0.39, 0.29) is 11.7 Å². The maximum Gasteiger partial charge on any atom is 0.235 e. The van der Waals surface area contributed by atoms with Crippen LogP contribution < -0.4 is 10.9 Å². The molecule has 0 bridgehead atoms. The molecule has 0 fully saturated rings. The molecule has 1 rings (SSSR count). The summed E-state index contributed by atoms with van der Waals surface area (Å²) in [6.07, 6.45) is 2.74. The second-order valence-electron chi connectivity index (χ2n) is 2.89. The van der Waals surface area contributed by atoms with Gasteiger partial charge in [-0.15, -0.1) is 0 Å². The standard InChI is InChI=1S/C11H12N2O2/c1-9(14)13-12-8-7-11(15)10-5-3-2-4-6-10/h2-8,12H,1H3,(H,13,14)/b8-7+. The SMILES string of the molecule is CC(=O)NN/C=C/C(=O)c1ccccc1. The van der Waals surface area contributed by atoms with Gasteiger partial charge in [-0.3, -0.25) is 15.0 Å². The molecule has 1 aromatic rings. The molecule has 2 N–H and O–H groups in total. The minimum absolute atomic E-state index is 0.117. The van der Waals surface area contributed by atoms with Gasteiger partial charge in [0.1, 0.15) is 0 Å². The van der Waals surface area contributed by atoms with Gasteiger partial charge < -0.3 is 5.43 Å².